The van der Waals surface area contributed by atoms with Crippen molar-refractivity contribution in [2.24, 2.45) is 5.92 Å². The normalized spacial score (nSPS) is 22.8. The van der Waals surface area contributed by atoms with Gasteiger partial charge in [0.15, 0.2) is 0 Å². The zero-order valence-electron chi connectivity index (χ0n) is 11.5. The molecule has 19 heavy (non-hydrogen) atoms. The number of hydrogen-bond acceptors (Lipinski definition) is 0. The molecule has 1 aliphatic carbocycles. The summed E-state index contributed by atoms with van der Waals surface area (Å²) in [5.74, 6) is 0.905. The van der Waals surface area contributed by atoms with Gasteiger partial charge in [0.1, 0.15) is 0 Å². The molecule has 0 N–H and O–H groups in total. The average Bonchev–Trinajstić information content (AvgIpc) is 2.88. The lowest BCUT2D eigenvalue weighted by atomic mass is 10.1. The summed E-state index contributed by atoms with van der Waals surface area (Å²) in [6.07, 6.45) is 4.20. The molecule has 2 aromatic rings. The number of rotatable bonds is 3. The highest BCUT2D eigenvalue weighted by Gasteiger charge is 2.30. The largest absolute Gasteiger partial charge is 0.0625 e. The van der Waals surface area contributed by atoms with Crippen molar-refractivity contribution < 1.29 is 0 Å². The Morgan fingerprint density at radius 3 is 1.74 bits per heavy atom. The van der Waals surface area contributed by atoms with E-state index < -0.39 is 0 Å². The fourth-order valence-electron chi connectivity index (χ4n) is 3.16. The zero-order chi connectivity index (χ0) is 13.1. The van der Waals surface area contributed by atoms with Crippen molar-refractivity contribution in [3.05, 3.63) is 60.7 Å². The third-order valence-corrected chi connectivity index (χ3v) is 7.01. The van der Waals surface area contributed by atoms with Crippen molar-refractivity contribution >= 4 is 18.5 Å². The van der Waals surface area contributed by atoms with E-state index in [2.05, 4.69) is 67.6 Å². The molecule has 1 heteroatoms. The molecule has 0 saturated heterocycles. The molecule has 0 heterocycles. The van der Waals surface area contributed by atoms with Crippen LogP contribution in [0.3, 0.4) is 0 Å². The summed E-state index contributed by atoms with van der Waals surface area (Å²) in [6.45, 7) is 2.41. The van der Waals surface area contributed by atoms with E-state index in [1.165, 1.54) is 19.3 Å². The lowest BCUT2D eigenvalue weighted by Gasteiger charge is -2.25. The Balaban J connectivity index is 1.97. The molecule has 0 nitrogen and oxygen atoms in total. The second-order valence-corrected chi connectivity index (χ2v) is 8.12. The fourth-order valence-corrected chi connectivity index (χ4v) is 6.27. The minimum absolute atomic E-state index is 0.179. The summed E-state index contributed by atoms with van der Waals surface area (Å²) in [7, 11) is -0.179. The van der Waals surface area contributed by atoms with Crippen LogP contribution in [-0.4, -0.2) is 5.66 Å². The molecule has 0 aliphatic heterocycles. The first kappa shape index (κ1) is 12.9. The van der Waals surface area contributed by atoms with Crippen LogP contribution in [0.5, 0.6) is 0 Å². The summed E-state index contributed by atoms with van der Waals surface area (Å²) < 4.78 is 0. The predicted octanol–water partition coefficient (Wildman–Crippen LogP) is 4.31. The second-order valence-electron chi connectivity index (χ2n) is 5.61. The first-order valence-corrected chi connectivity index (χ1v) is 8.65. The Hall–Kier alpha value is -1.13. The van der Waals surface area contributed by atoms with E-state index in [0.29, 0.717) is 0 Å². The van der Waals surface area contributed by atoms with Crippen molar-refractivity contribution in [1.29, 1.82) is 0 Å². The third kappa shape index (κ3) is 2.90. The van der Waals surface area contributed by atoms with Crippen LogP contribution in [0.4, 0.5) is 0 Å². The van der Waals surface area contributed by atoms with Crippen LogP contribution >= 0.6 is 7.92 Å². The molecule has 98 valence electrons. The predicted molar refractivity (Wildman–Crippen MR) is 85.9 cm³/mol. The highest BCUT2D eigenvalue weighted by Crippen LogP contribution is 2.48. The summed E-state index contributed by atoms with van der Waals surface area (Å²) in [5, 5.41) is 3.09. The van der Waals surface area contributed by atoms with E-state index >= 15 is 0 Å². The highest BCUT2D eigenvalue weighted by atomic mass is 31.1. The van der Waals surface area contributed by atoms with Gasteiger partial charge < -0.3 is 0 Å². The molecule has 0 aromatic heterocycles. The van der Waals surface area contributed by atoms with Crippen LogP contribution in [0.25, 0.3) is 0 Å². The van der Waals surface area contributed by atoms with Crippen LogP contribution in [0, 0.1) is 5.92 Å². The Morgan fingerprint density at radius 1 is 0.789 bits per heavy atom. The van der Waals surface area contributed by atoms with Gasteiger partial charge in [0.05, 0.1) is 0 Å². The van der Waals surface area contributed by atoms with Crippen LogP contribution in [0.2, 0.25) is 0 Å². The Labute approximate surface area is 117 Å². The van der Waals surface area contributed by atoms with Gasteiger partial charge in [0, 0.05) is 0 Å². The smallest absolute Gasteiger partial charge is 0.0126 e. The van der Waals surface area contributed by atoms with Crippen molar-refractivity contribution in [2.45, 2.75) is 31.8 Å². The lowest BCUT2D eigenvalue weighted by molar-refractivity contribution is 0.613. The number of benzene rings is 2. The lowest BCUT2D eigenvalue weighted by Crippen LogP contribution is -2.19. The van der Waals surface area contributed by atoms with Crippen molar-refractivity contribution in [2.75, 3.05) is 0 Å². The molecule has 2 atom stereocenters. The zero-order valence-corrected chi connectivity index (χ0v) is 12.4. The molecular formula is C18H21P. The van der Waals surface area contributed by atoms with Gasteiger partial charge in [0.2, 0.25) is 0 Å². The van der Waals surface area contributed by atoms with Crippen molar-refractivity contribution in [3.63, 3.8) is 0 Å². The molecule has 1 aliphatic rings. The van der Waals surface area contributed by atoms with Gasteiger partial charge in [-0.05, 0) is 42.9 Å². The topological polar surface area (TPSA) is 0 Å². The fraction of sp³-hybridized carbons (Fsp3) is 0.333. The Bertz CT molecular complexity index is 466. The van der Waals surface area contributed by atoms with Gasteiger partial charge in [0.25, 0.3) is 0 Å². The monoisotopic (exact) mass is 268 g/mol. The molecule has 0 bridgehead atoms. The minimum atomic E-state index is -0.179. The third-order valence-electron chi connectivity index (χ3n) is 4.10. The molecule has 3 rings (SSSR count). The average molecular weight is 268 g/mol. The maximum absolute atomic E-state index is 2.41. The van der Waals surface area contributed by atoms with E-state index in [0.717, 1.165) is 11.6 Å². The van der Waals surface area contributed by atoms with Crippen LogP contribution < -0.4 is 10.6 Å². The summed E-state index contributed by atoms with van der Waals surface area (Å²) in [4.78, 5) is 0. The van der Waals surface area contributed by atoms with E-state index in [9.17, 15) is 0 Å². The second kappa shape index (κ2) is 5.88. The van der Waals surface area contributed by atoms with Crippen molar-refractivity contribution in [3.8, 4) is 0 Å². The van der Waals surface area contributed by atoms with E-state index in [4.69, 9.17) is 0 Å². The SMILES string of the molecule is CC1CCC(P(c2ccccc2)c2ccccc2)C1. The molecule has 1 saturated carbocycles. The van der Waals surface area contributed by atoms with Gasteiger partial charge in [-0.2, -0.15) is 0 Å². The van der Waals surface area contributed by atoms with E-state index in [-0.39, 0.29) is 7.92 Å². The molecule has 0 radical (unpaired) electrons. The first-order chi connectivity index (χ1) is 9.34. The van der Waals surface area contributed by atoms with Crippen molar-refractivity contribution in [1.82, 2.24) is 0 Å². The minimum Gasteiger partial charge on any atom is -0.0625 e. The molecule has 0 amide bonds. The van der Waals surface area contributed by atoms with Gasteiger partial charge >= 0.3 is 0 Å². The highest BCUT2D eigenvalue weighted by molar-refractivity contribution is 7.73. The van der Waals surface area contributed by atoms with E-state index in [1.807, 2.05) is 0 Å². The Morgan fingerprint density at radius 2 is 1.32 bits per heavy atom. The molecule has 2 aromatic carbocycles. The summed E-state index contributed by atoms with van der Waals surface area (Å²) in [5.41, 5.74) is 0.870. The molecule has 1 fully saturated rings. The van der Waals surface area contributed by atoms with Gasteiger partial charge in [-0.1, -0.05) is 74.0 Å². The van der Waals surface area contributed by atoms with Crippen LogP contribution in [0.1, 0.15) is 26.2 Å². The maximum atomic E-state index is 2.41. The van der Waals surface area contributed by atoms with Crippen LogP contribution in [0.15, 0.2) is 60.7 Å². The quantitative estimate of drug-likeness (QED) is 0.728. The molecule has 2 unspecified atom stereocenters. The van der Waals surface area contributed by atoms with Crippen LogP contribution in [-0.2, 0) is 0 Å². The maximum Gasteiger partial charge on any atom is -0.0126 e. The Kier molecular flexibility index (Phi) is 3.99. The summed E-state index contributed by atoms with van der Waals surface area (Å²) >= 11 is 0. The number of hydrogen-bond donors (Lipinski definition) is 0. The van der Waals surface area contributed by atoms with Gasteiger partial charge in [-0.25, -0.2) is 0 Å². The molecule has 0 spiro atoms. The van der Waals surface area contributed by atoms with Gasteiger partial charge in [-0.3, -0.25) is 0 Å². The van der Waals surface area contributed by atoms with E-state index in [1.54, 1.807) is 10.6 Å². The summed E-state index contributed by atoms with van der Waals surface area (Å²) in [6, 6.07) is 22.3. The van der Waals surface area contributed by atoms with Gasteiger partial charge in [-0.15, -0.1) is 0 Å². The molecular weight excluding hydrogens is 247 g/mol. The first-order valence-electron chi connectivity index (χ1n) is 7.24. The standard InChI is InChI=1S/C18H21P/c1-15-12-13-18(14-15)19(16-8-4-2-5-9-16)17-10-6-3-7-11-17/h2-11,15,18H,12-14H2,1H3.